The van der Waals surface area contributed by atoms with Crippen molar-refractivity contribution < 1.29 is 13.2 Å². The summed E-state index contributed by atoms with van der Waals surface area (Å²) < 4.78 is 38.5. The van der Waals surface area contributed by atoms with Gasteiger partial charge in [-0.05, 0) is 55.3 Å². The van der Waals surface area contributed by atoms with E-state index < -0.39 is 11.7 Å². The second-order valence-corrected chi connectivity index (χ2v) is 6.09. The van der Waals surface area contributed by atoms with Gasteiger partial charge in [-0.25, -0.2) is 9.97 Å². The smallest absolute Gasteiger partial charge is 0.344 e. The van der Waals surface area contributed by atoms with Gasteiger partial charge in [0.25, 0.3) is 0 Å². The Labute approximate surface area is 159 Å². The SMILES string of the molecule is Cc1cc(C(F)(F)F)cc(C)c1Nc1nccc2[nH]cnc12.c1ccncc1. The lowest BCUT2D eigenvalue weighted by Gasteiger charge is -2.15. The number of pyridine rings is 2. The molecular formula is C20H18F3N5. The molecule has 3 aromatic heterocycles. The van der Waals surface area contributed by atoms with Gasteiger partial charge in [0, 0.05) is 24.3 Å². The highest BCUT2D eigenvalue weighted by Crippen LogP contribution is 2.35. The van der Waals surface area contributed by atoms with Gasteiger partial charge in [-0.1, -0.05) is 6.07 Å². The summed E-state index contributed by atoms with van der Waals surface area (Å²) in [5.74, 6) is 0.504. The molecule has 144 valence electrons. The lowest BCUT2D eigenvalue weighted by molar-refractivity contribution is -0.137. The summed E-state index contributed by atoms with van der Waals surface area (Å²) in [5.41, 5.74) is 2.40. The van der Waals surface area contributed by atoms with E-state index in [2.05, 4.69) is 25.3 Å². The first-order chi connectivity index (χ1) is 13.4. The zero-order valence-electron chi connectivity index (χ0n) is 15.2. The fourth-order valence-electron chi connectivity index (χ4n) is 2.71. The van der Waals surface area contributed by atoms with Crippen LogP contribution in [0, 0.1) is 13.8 Å². The van der Waals surface area contributed by atoms with Gasteiger partial charge < -0.3 is 10.3 Å². The van der Waals surface area contributed by atoms with Crippen molar-refractivity contribution in [3.05, 3.63) is 78.0 Å². The van der Waals surface area contributed by atoms with Gasteiger partial charge in [-0.3, -0.25) is 4.98 Å². The Morgan fingerprint density at radius 2 is 1.61 bits per heavy atom. The maximum Gasteiger partial charge on any atom is 0.416 e. The zero-order chi connectivity index (χ0) is 20.1. The zero-order valence-corrected chi connectivity index (χ0v) is 15.2. The van der Waals surface area contributed by atoms with Crippen molar-refractivity contribution in [1.29, 1.82) is 0 Å². The Morgan fingerprint density at radius 1 is 0.929 bits per heavy atom. The number of hydrogen-bond donors (Lipinski definition) is 2. The summed E-state index contributed by atoms with van der Waals surface area (Å²) in [6.07, 6.45) is 2.30. The fraction of sp³-hybridized carbons (Fsp3) is 0.150. The molecule has 0 aliphatic rings. The van der Waals surface area contributed by atoms with E-state index in [1.807, 2.05) is 18.2 Å². The van der Waals surface area contributed by atoms with E-state index in [-0.39, 0.29) is 0 Å². The predicted molar refractivity (Wildman–Crippen MR) is 102 cm³/mol. The van der Waals surface area contributed by atoms with Gasteiger partial charge in [0.05, 0.1) is 17.4 Å². The number of nitrogens with zero attached hydrogens (tertiary/aromatic N) is 3. The molecule has 4 rings (SSSR count). The molecule has 2 N–H and O–H groups in total. The average Bonchev–Trinajstić information content (AvgIpc) is 3.15. The van der Waals surface area contributed by atoms with Crippen molar-refractivity contribution in [1.82, 2.24) is 19.9 Å². The van der Waals surface area contributed by atoms with Crippen LogP contribution in [-0.4, -0.2) is 19.9 Å². The number of aryl methyl sites for hydroxylation is 2. The molecule has 1 aromatic carbocycles. The number of alkyl halides is 3. The van der Waals surface area contributed by atoms with E-state index in [4.69, 9.17) is 0 Å². The monoisotopic (exact) mass is 385 g/mol. The molecule has 0 saturated heterocycles. The molecule has 0 amide bonds. The fourth-order valence-corrected chi connectivity index (χ4v) is 2.71. The molecule has 0 fully saturated rings. The van der Waals surface area contributed by atoms with E-state index in [0.29, 0.717) is 28.1 Å². The summed E-state index contributed by atoms with van der Waals surface area (Å²) in [4.78, 5) is 15.1. The maximum absolute atomic E-state index is 12.8. The van der Waals surface area contributed by atoms with Crippen molar-refractivity contribution in [2.75, 3.05) is 5.32 Å². The van der Waals surface area contributed by atoms with Crippen LogP contribution in [0.5, 0.6) is 0 Å². The van der Waals surface area contributed by atoms with Crippen LogP contribution in [-0.2, 0) is 6.18 Å². The molecule has 4 aromatic rings. The number of halogens is 3. The molecule has 28 heavy (non-hydrogen) atoms. The third-order valence-corrected chi connectivity index (χ3v) is 4.01. The highest BCUT2D eigenvalue weighted by molar-refractivity contribution is 5.88. The number of imidazole rings is 1. The van der Waals surface area contributed by atoms with Crippen molar-refractivity contribution in [3.63, 3.8) is 0 Å². The molecule has 0 bridgehead atoms. The molecule has 3 heterocycles. The lowest BCUT2D eigenvalue weighted by atomic mass is 10.0. The molecule has 5 nitrogen and oxygen atoms in total. The number of aromatic amines is 1. The van der Waals surface area contributed by atoms with Crippen LogP contribution in [0.15, 0.2) is 61.3 Å². The van der Waals surface area contributed by atoms with Gasteiger partial charge in [0.15, 0.2) is 5.82 Å². The molecule has 0 atom stereocenters. The molecule has 0 saturated carbocycles. The number of hydrogen-bond acceptors (Lipinski definition) is 4. The molecule has 0 unspecified atom stereocenters. The second kappa shape index (κ2) is 8.08. The van der Waals surface area contributed by atoms with E-state index in [1.165, 1.54) is 0 Å². The maximum atomic E-state index is 12.8. The molecule has 0 aliphatic heterocycles. The van der Waals surface area contributed by atoms with Crippen molar-refractivity contribution in [2.45, 2.75) is 20.0 Å². The quantitative estimate of drug-likeness (QED) is 0.484. The first-order valence-corrected chi connectivity index (χ1v) is 8.45. The van der Waals surface area contributed by atoms with Gasteiger partial charge in [-0.2, -0.15) is 13.2 Å². The minimum Gasteiger partial charge on any atom is -0.344 e. The van der Waals surface area contributed by atoms with Gasteiger partial charge in [0.2, 0.25) is 0 Å². The molecule has 0 aliphatic carbocycles. The van der Waals surface area contributed by atoms with Crippen LogP contribution in [0.1, 0.15) is 16.7 Å². The van der Waals surface area contributed by atoms with Crippen LogP contribution in [0.2, 0.25) is 0 Å². The number of anilines is 2. The number of benzene rings is 1. The first kappa shape index (κ1) is 19.3. The number of rotatable bonds is 2. The Hall–Kier alpha value is -3.42. The van der Waals surface area contributed by atoms with Gasteiger partial charge in [0.1, 0.15) is 5.52 Å². The summed E-state index contributed by atoms with van der Waals surface area (Å²) >= 11 is 0. The first-order valence-electron chi connectivity index (χ1n) is 8.45. The van der Waals surface area contributed by atoms with Crippen LogP contribution in [0.3, 0.4) is 0 Å². The van der Waals surface area contributed by atoms with Crippen molar-refractivity contribution >= 4 is 22.5 Å². The Bertz CT molecular complexity index is 1010. The largest absolute Gasteiger partial charge is 0.416 e. The van der Waals surface area contributed by atoms with E-state index in [0.717, 1.165) is 17.6 Å². The van der Waals surface area contributed by atoms with Gasteiger partial charge in [-0.15, -0.1) is 0 Å². The molecule has 0 radical (unpaired) electrons. The third-order valence-electron chi connectivity index (χ3n) is 4.01. The van der Waals surface area contributed by atoms with Crippen molar-refractivity contribution in [3.8, 4) is 0 Å². The van der Waals surface area contributed by atoms with E-state index >= 15 is 0 Å². The summed E-state index contributed by atoms with van der Waals surface area (Å²) in [6.45, 7) is 3.27. The topological polar surface area (TPSA) is 66.5 Å². The highest BCUT2D eigenvalue weighted by atomic mass is 19.4. The Kier molecular flexibility index (Phi) is 5.58. The summed E-state index contributed by atoms with van der Waals surface area (Å²) in [5, 5.41) is 3.09. The number of nitrogens with one attached hydrogen (secondary N) is 2. The number of aromatic nitrogens is 4. The Balaban J connectivity index is 0.000000320. The van der Waals surface area contributed by atoms with Gasteiger partial charge >= 0.3 is 6.18 Å². The lowest BCUT2D eigenvalue weighted by Crippen LogP contribution is -2.07. The van der Waals surface area contributed by atoms with E-state index in [9.17, 15) is 13.2 Å². The molecule has 0 spiro atoms. The summed E-state index contributed by atoms with van der Waals surface area (Å²) in [6, 6.07) is 9.74. The third kappa shape index (κ3) is 4.46. The Morgan fingerprint density at radius 3 is 2.14 bits per heavy atom. The minimum absolute atomic E-state index is 0.502. The van der Waals surface area contributed by atoms with Crippen LogP contribution in [0.25, 0.3) is 11.0 Å². The number of fused-ring (bicyclic) bond motifs is 1. The summed E-state index contributed by atoms with van der Waals surface area (Å²) in [7, 11) is 0. The van der Waals surface area contributed by atoms with E-state index in [1.54, 1.807) is 44.8 Å². The second-order valence-electron chi connectivity index (χ2n) is 6.09. The average molecular weight is 385 g/mol. The number of H-pyrrole nitrogens is 1. The van der Waals surface area contributed by atoms with Crippen molar-refractivity contribution in [2.24, 2.45) is 0 Å². The molecular weight excluding hydrogens is 367 g/mol. The highest BCUT2D eigenvalue weighted by Gasteiger charge is 2.31. The minimum atomic E-state index is -4.35. The standard InChI is InChI=1S/C15H13F3N4.C5H5N/c1-8-5-10(15(16,17)18)6-9(2)12(8)22-14-13-11(3-4-19-14)20-7-21-13;1-2-4-6-5-3-1/h3-7H,1-2H3,(H,19,22)(H,20,21);1-5H. The molecule has 8 heteroatoms. The normalized spacial score (nSPS) is 11.0. The predicted octanol–water partition coefficient (Wildman–Crippen LogP) is 5.42. The van der Waals surface area contributed by atoms with Crippen LogP contribution in [0.4, 0.5) is 24.7 Å². The van der Waals surface area contributed by atoms with Crippen LogP contribution >= 0.6 is 0 Å². The van der Waals surface area contributed by atoms with Crippen LogP contribution < -0.4 is 5.32 Å².